The van der Waals surface area contributed by atoms with Crippen LogP contribution >= 0.6 is 11.6 Å². The van der Waals surface area contributed by atoms with Gasteiger partial charge in [-0.1, -0.05) is 54.1 Å². The maximum absolute atomic E-state index is 13.5. The van der Waals surface area contributed by atoms with Crippen LogP contribution in [0.25, 0.3) is 0 Å². The Hall–Kier alpha value is -3.79. The van der Waals surface area contributed by atoms with Gasteiger partial charge in [0.2, 0.25) is 5.91 Å². The summed E-state index contributed by atoms with van der Waals surface area (Å²) in [6, 6.07) is 21.3. The Labute approximate surface area is 219 Å². The molecule has 10 heteroatoms. The SMILES string of the molecule is O=C(Nc1ccc2c(c1)OC(O)N2)C(c1ccccc1)N1CCN(C(=O)OCc2ccc(Cl)cc2)CC1. The highest BCUT2D eigenvalue weighted by atomic mass is 35.5. The molecule has 2 aliphatic heterocycles. The number of amides is 2. The fraction of sp³-hybridized carbons (Fsp3) is 0.259. The smallest absolute Gasteiger partial charge is 0.410 e. The van der Waals surface area contributed by atoms with Crippen molar-refractivity contribution in [3.05, 3.63) is 88.9 Å². The Morgan fingerprint density at radius 2 is 1.78 bits per heavy atom. The Balaban J connectivity index is 1.22. The molecule has 1 saturated heterocycles. The molecule has 3 aromatic rings. The molecule has 0 bridgehead atoms. The summed E-state index contributed by atoms with van der Waals surface area (Å²) in [7, 11) is 0. The van der Waals surface area contributed by atoms with Gasteiger partial charge < -0.3 is 30.1 Å². The predicted molar refractivity (Wildman–Crippen MR) is 139 cm³/mol. The Kier molecular flexibility index (Phi) is 7.45. The number of ether oxygens (including phenoxy) is 2. The van der Waals surface area contributed by atoms with Crippen LogP contribution in [-0.4, -0.2) is 59.5 Å². The van der Waals surface area contributed by atoms with E-state index in [1.807, 2.05) is 42.5 Å². The maximum atomic E-state index is 13.5. The van der Waals surface area contributed by atoms with E-state index in [-0.39, 0.29) is 18.6 Å². The number of halogens is 1. The standard InChI is InChI=1S/C27H27ClN4O5/c28-20-8-6-18(7-9-20)17-36-27(35)32-14-12-31(13-15-32)24(19-4-2-1-3-5-19)25(33)29-21-10-11-22-23(16-21)37-26(34)30-22/h1-11,16,24,26,30,34H,12-15,17H2,(H,29,33). The number of carbonyl (C=O) groups is 2. The van der Waals surface area contributed by atoms with Crippen molar-refractivity contribution in [3.63, 3.8) is 0 Å². The van der Waals surface area contributed by atoms with Crippen LogP contribution in [-0.2, 0) is 16.1 Å². The summed E-state index contributed by atoms with van der Waals surface area (Å²) in [4.78, 5) is 29.8. The highest BCUT2D eigenvalue weighted by molar-refractivity contribution is 6.30. The van der Waals surface area contributed by atoms with Crippen molar-refractivity contribution in [1.29, 1.82) is 0 Å². The zero-order chi connectivity index (χ0) is 25.8. The number of aliphatic hydroxyl groups excluding tert-OH is 1. The van der Waals surface area contributed by atoms with Gasteiger partial charge in [0.15, 0.2) is 0 Å². The van der Waals surface area contributed by atoms with E-state index in [0.29, 0.717) is 48.3 Å². The van der Waals surface area contributed by atoms with Crippen LogP contribution in [0.5, 0.6) is 5.75 Å². The van der Waals surface area contributed by atoms with E-state index >= 15 is 0 Å². The maximum Gasteiger partial charge on any atom is 0.410 e. The summed E-state index contributed by atoms with van der Waals surface area (Å²) in [6.07, 6.45) is -1.49. The van der Waals surface area contributed by atoms with Crippen LogP contribution in [0.4, 0.5) is 16.2 Å². The summed E-state index contributed by atoms with van der Waals surface area (Å²) in [5, 5.41) is 16.0. The monoisotopic (exact) mass is 522 g/mol. The molecule has 37 heavy (non-hydrogen) atoms. The number of carbonyl (C=O) groups excluding carboxylic acids is 2. The highest BCUT2D eigenvalue weighted by Crippen LogP contribution is 2.34. The number of hydrogen-bond acceptors (Lipinski definition) is 7. The average Bonchev–Trinajstić information content (AvgIpc) is 3.28. The largest absolute Gasteiger partial charge is 0.445 e. The molecule has 0 saturated carbocycles. The third kappa shape index (κ3) is 5.96. The van der Waals surface area contributed by atoms with Crippen molar-refractivity contribution in [2.75, 3.05) is 36.8 Å². The van der Waals surface area contributed by atoms with Crippen molar-refractivity contribution in [1.82, 2.24) is 9.80 Å². The molecular formula is C27H27ClN4O5. The molecular weight excluding hydrogens is 496 g/mol. The van der Waals surface area contributed by atoms with Crippen LogP contribution in [0.1, 0.15) is 17.2 Å². The first kappa shape index (κ1) is 24.9. The van der Waals surface area contributed by atoms with Gasteiger partial charge >= 0.3 is 6.09 Å². The van der Waals surface area contributed by atoms with Crippen molar-refractivity contribution < 1.29 is 24.2 Å². The number of fused-ring (bicyclic) bond motifs is 1. The van der Waals surface area contributed by atoms with E-state index < -0.39 is 12.5 Å². The van der Waals surface area contributed by atoms with Gasteiger partial charge in [-0.05, 0) is 35.4 Å². The first-order valence-corrected chi connectivity index (χ1v) is 12.4. The minimum Gasteiger partial charge on any atom is -0.445 e. The van der Waals surface area contributed by atoms with Gasteiger partial charge in [-0.3, -0.25) is 9.69 Å². The summed E-state index contributed by atoms with van der Waals surface area (Å²) >= 11 is 5.91. The zero-order valence-electron chi connectivity index (χ0n) is 20.0. The highest BCUT2D eigenvalue weighted by Gasteiger charge is 2.32. The molecule has 2 atom stereocenters. The lowest BCUT2D eigenvalue weighted by Crippen LogP contribution is -2.51. The molecule has 0 radical (unpaired) electrons. The molecule has 192 valence electrons. The quantitative estimate of drug-likeness (QED) is 0.448. The van der Waals surface area contributed by atoms with Gasteiger partial charge in [0.25, 0.3) is 6.41 Å². The molecule has 1 fully saturated rings. The minimum absolute atomic E-state index is 0.169. The first-order chi connectivity index (χ1) is 18.0. The van der Waals surface area contributed by atoms with Crippen molar-refractivity contribution in [3.8, 4) is 5.75 Å². The van der Waals surface area contributed by atoms with Crippen LogP contribution in [0, 0.1) is 0 Å². The zero-order valence-corrected chi connectivity index (χ0v) is 20.7. The number of hydrogen-bond donors (Lipinski definition) is 3. The summed E-state index contributed by atoms with van der Waals surface area (Å²) in [5.41, 5.74) is 2.93. The van der Waals surface area contributed by atoms with Crippen LogP contribution < -0.4 is 15.4 Å². The van der Waals surface area contributed by atoms with Gasteiger partial charge in [-0.15, -0.1) is 0 Å². The molecule has 0 aromatic heterocycles. The van der Waals surface area contributed by atoms with E-state index in [1.54, 1.807) is 35.2 Å². The van der Waals surface area contributed by atoms with E-state index in [4.69, 9.17) is 21.1 Å². The van der Waals surface area contributed by atoms with E-state index in [0.717, 1.165) is 11.1 Å². The normalized spacial score (nSPS) is 17.8. The molecule has 0 aliphatic carbocycles. The first-order valence-electron chi connectivity index (χ1n) is 12.0. The van der Waals surface area contributed by atoms with Crippen LogP contribution in [0.3, 0.4) is 0 Å². The van der Waals surface area contributed by atoms with Crippen molar-refractivity contribution in [2.45, 2.75) is 19.1 Å². The molecule has 2 heterocycles. The lowest BCUT2D eigenvalue weighted by atomic mass is 10.0. The molecule has 2 unspecified atom stereocenters. The summed E-state index contributed by atoms with van der Waals surface area (Å²) in [6.45, 7) is 2.06. The second-order valence-electron chi connectivity index (χ2n) is 8.83. The Bertz CT molecular complexity index is 1250. The average molecular weight is 523 g/mol. The number of aliphatic hydroxyl groups is 1. The molecule has 2 amide bonds. The third-order valence-corrected chi connectivity index (χ3v) is 6.60. The predicted octanol–water partition coefficient (Wildman–Crippen LogP) is 4.05. The molecule has 2 aliphatic rings. The fourth-order valence-electron chi connectivity index (χ4n) is 4.45. The molecule has 9 nitrogen and oxygen atoms in total. The number of benzene rings is 3. The van der Waals surface area contributed by atoms with Gasteiger partial charge in [0.05, 0.1) is 5.69 Å². The summed E-state index contributed by atoms with van der Waals surface area (Å²) in [5.74, 6) is 0.267. The Morgan fingerprint density at radius 1 is 1.05 bits per heavy atom. The number of anilines is 2. The molecule has 5 rings (SSSR count). The second-order valence-corrected chi connectivity index (χ2v) is 9.27. The third-order valence-electron chi connectivity index (χ3n) is 6.34. The number of rotatable bonds is 6. The van der Waals surface area contributed by atoms with Gasteiger partial charge in [-0.25, -0.2) is 4.79 Å². The topological polar surface area (TPSA) is 103 Å². The second kappa shape index (κ2) is 11.1. The fourth-order valence-corrected chi connectivity index (χ4v) is 4.58. The van der Waals surface area contributed by atoms with E-state index in [2.05, 4.69) is 15.5 Å². The van der Waals surface area contributed by atoms with Crippen LogP contribution in [0.15, 0.2) is 72.8 Å². The van der Waals surface area contributed by atoms with Crippen LogP contribution in [0.2, 0.25) is 5.02 Å². The lowest BCUT2D eigenvalue weighted by molar-refractivity contribution is -0.122. The lowest BCUT2D eigenvalue weighted by Gasteiger charge is -2.38. The van der Waals surface area contributed by atoms with Crippen molar-refractivity contribution in [2.24, 2.45) is 0 Å². The van der Waals surface area contributed by atoms with Gasteiger partial charge in [0.1, 0.15) is 18.4 Å². The molecule has 0 spiro atoms. The molecule has 3 aromatic carbocycles. The van der Waals surface area contributed by atoms with Crippen molar-refractivity contribution >= 4 is 35.0 Å². The number of piperazine rings is 1. The van der Waals surface area contributed by atoms with E-state index in [1.165, 1.54) is 0 Å². The Morgan fingerprint density at radius 3 is 2.51 bits per heavy atom. The van der Waals surface area contributed by atoms with Gasteiger partial charge in [-0.2, -0.15) is 0 Å². The summed E-state index contributed by atoms with van der Waals surface area (Å²) < 4.78 is 10.8. The van der Waals surface area contributed by atoms with Gasteiger partial charge in [0, 0.05) is 43.0 Å². The minimum atomic E-state index is -1.10. The number of nitrogens with zero attached hydrogens (tertiary/aromatic N) is 2. The molecule has 3 N–H and O–H groups in total. The van der Waals surface area contributed by atoms with E-state index in [9.17, 15) is 14.7 Å². The number of nitrogens with one attached hydrogen (secondary N) is 2.